The van der Waals surface area contributed by atoms with Gasteiger partial charge in [-0.25, -0.2) is 4.79 Å². The van der Waals surface area contributed by atoms with Crippen molar-refractivity contribution in [1.82, 2.24) is 14.9 Å². The molecule has 0 aromatic heterocycles. The minimum Gasteiger partial charge on any atom is -0.371 e. The highest BCUT2D eigenvalue weighted by atomic mass is 16.7. The minimum absolute atomic E-state index is 0.115. The summed E-state index contributed by atoms with van der Waals surface area (Å²) in [7, 11) is 0. The monoisotopic (exact) mass is 454 g/mol. The maximum absolute atomic E-state index is 12.5. The number of rotatable bonds is 4. The minimum atomic E-state index is -0.584. The summed E-state index contributed by atoms with van der Waals surface area (Å²) in [6.07, 6.45) is 2.17. The highest BCUT2D eigenvalue weighted by Crippen LogP contribution is 2.34. The van der Waals surface area contributed by atoms with Crippen LogP contribution in [0.3, 0.4) is 0 Å². The molecule has 178 valence electrons. The lowest BCUT2D eigenvalue weighted by molar-refractivity contribution is -0.173. The molecule has 4 saturated heterocycles. The fourth-order valence-corrected chi connectivity index (χ4v) is 5.84. The molecule has 0 saturated carbocycles. The number of hydroxylamine groups is 2. The van der Waals surface area contributed by atoms with Crippen molar-refractivity contribution < 1.29 is 19.2 Å². The number of imide groups is 1. The van der Waals surface area contributed by atoms with Crippen LogP contribution in [0.2, 0.25) is 0 Å². The first kappa shape index (κ1) is 22.2. The first-order valence-corrected chi connectivity index (χ1v) is 12.3. The number of anilines is 1. The molecular weight excluding hydrogens is 420 g/mol. The summed E-state index contributed by atoms with van der Waals surface area (Å²) in [5, 5.41) is 0.640. The number of likely N-dealkylation sites (tertiary alicyclic amines) is 2. The van der Waals surface area contributed by atoms with Gasteiger partial charge in [0.05, 0.1) is 0 Å². The van der Waals surface area contributed by atoms with Crippen LogP contribution in [-0.4, -0.2) is 72.0 Å². The van der Waals surface area contributed by atoms with E-state index in [0.717, 1.165) is 38.6 Å². The van der Waals surface area contributed by atoms with E-state index in [4.69, 9.17) is 4.84 Å². The fraction of sp³-hybridized carbons (Fsp3) is 0.640. The molecule has 3 amide bonds. The van der Waals surface area contributed by atoms with Crippen molar-refractivity contribution in [3.63, 3.8) is 0 Å². The number of hydrogen-bond acceptors (Lipinski definition) is 6. The summed E-state index contributed by atoms with van der Waals surface area (Å²) in [5.74, 6) is 0.747. The normalized spacial score (nSPS) is 26.4. The summed E-state index contributed by atoms with van der Waals surface area (Å²) < 4.78 is 0. The van der Waals surface area contributed by atoms with Crippen LogP contribution in [-0.2, 0) is 21.0 Å². The Morgan fingerprint density at radius 2 is 1.64 bits per heavy atom. The van der Waals surface area contributed by atoms with Gasteiger partial charge in [0.25, 0.3) is 11.8 Å². The first-order valence-electron chi connectivity index (χ1n) is 12.3. The summed E-state index contributed by atoms with van der Waals surface area (Å²) >= 11 is 0. The largest absolute Gasteiger partial charge is 0.434 e. The van der Waals surface area contributed by atoms with Gasteiger partial charge in [-0.3, -0.25) is 14.5 Å². The Labute approximate surface area is 195 Å². The number of hydrogen-bond donors (Lipinski definition) is 0. The van der Waals surface area contributed by atoms with Gasteiger partial charge in [0, 0.05) is 64.3 Å². The molecule has 4 heterocycles. The SMILES string of the molecule is Cc1c(CN2CC3CN(C(=O)ON4C(=O)CCC4=O)CC3C2)cccc1N1CCC(C)CC1. The number of fused-ring (bicyclic) bond motifs is 1. The predicted molar refractivity (Wildman–Crippen MR) is 123 cm³/mol. The van der Waals surface area contributed by atoms with Gasteiger partial charge in [0.1, 0.15) is 0 Å². The van der Waals surface area contributed by atoms with Crippen molar-refractivity contribution in [2.75, 3.05) is 44.2 Å². The van der Waals surface area contributed by atoms with Crippen molar-refractivity contribution in [3.05, 3.63) is 29.3 Å². The van der Waals surface area contributed by atoms with Crippen molar-refractivity contribution in [1.29, 1.82) is 0 Å². The van der Waals surface area contributed by atoms with E-state index in [0.29, 0.717) is 30.0 Å². The number of carbonyl (C=O) groups is 3. The Morgan fingerprint density at radius 3 is 2.27 bits per heavy atom. The van der Waals surface area contributed by atoms with Gasteiger partial charge in [-0.05, 0) is 54.7 Å². The Morgan fingerprint density at radius 1 is 1.00 bits per heavy atom. The number of nitrogens with zero attached hydrogens (tertiary/aromatic N) is 4. The number of amides is 3. The van der Waals surface area contributed by atoms with E-state index in [1.54, 1.807) is 4.90 Å². The molecule has 0 N–H and O–H groups in total. The second kappa shape index (κ2) is 8.97. The van der Waals surface area contributed by atoms with Crippen LogP contribution in [0.1, 0.15) is 43.7 Å². The van der Waals surface area contributed by atoms with Gasteiger partial charge >= 0.3 is 6.09 Å². The molecular formula is C25H34N4O4. The van der Waals surface area contributed by atoms with Crippen LogP contribution in [0.25, 0.3) is 0 Å². The maximum atomic E-state index is 12.5. The highest BCUT2D eigenvalue weighted by molar-refractivity contribution is 6.01. The van der Waals surface area contributed by atoms with Gasteiger partial charge in [-0.15, -0.1) is 5.06 Å². The third-order valence-electron chi connectivity index (χ3n) is 7.93. The molecule has 5 rings (SSSR count). The molecule has 0 radical (unpaired) electrons. The van der Waals surface area contributed by atoms with E-state index in [-0.39, 0.29) is 12.8 Å². The topological polar surface area (TPSA) is 73.4 Å². The van der Waals surface area contributed by atoms with Crippen molar-refractivity contribution in [2.24, 2.45) is 17.8 Å². The number of piperidine rings is 1. The lowest BCUT2D eigenvalue weighted by Gasteiger charge is -2.34. The molecule has 0 spiro atoms. The van der Waals surface area contributed by atoms with Crippen LogP contribution in [0.15, 0.2) is 18.2 Å². The van der Waals surface area contributed by atoms with Gasteiger partial charge in [0.2, 0.25) is 0 Å². The van der Waals surface area contributed by atoms with Crippen molar-refractivity contribution in [3.8, 4) is 0 Å². The van der Waals surface area contributed by atoms with E-state index < -0.39 is 17.9 Å². The molecule has 8 heteroatoms. The molecule has 2 unspecified atom stereocenters. The Balaban J connectivity index is 1.16. The van der Waals surface area contributed by atoms with E-state index >= 15 is 0 Å². The smallest absolute Gasteiger partial charge is 0.371 e. The lowest BCUT2D eigenvalue weighted by Crippen LogP contribution is -2.40. The van der Waals surface area contributed by atoms with Crippen LogP contribution in [0, 0.1) is 24.7 Å². The van der Waals surface area contributed by atoms with Crippen LogP contribution in [0.4, 0.5) is 10.5 Å². The number of carbonyl (C=O) groups excluding carboxylic acids is 3. The molecule has 0 aliphatic carbocycles. The summed E-state index contributed by atoms with van der Waals surface area (Å²) in [6.45, 7) is 10.9. The maximum Gasteiger partial charge on any atom is 0.434 e. The van der Waals surface area contributed by atoms with E-state index in [1.165, 1.54) is 29.7 Å². The van der Waals surface area contributed by atoms with Crippen LogP contribution < -0.4 is 4.90 Å². The Kier molecular flexibility index (Phi) is 6.03. The van der Waals surface area contributed by atoms with Crippen LogP contribution >= 0.6 is 0 Å². The zero-order chi connectivity index (χ0) is 23.1. The zero-order valence-corrected chi connectivity index (χ0v) is 19.7. The van der Waals surface area contributed by atoms with Gasteiger partial charge in [-0.2, -0.15) is 0 Å². The molecule has 4 fully saturated rings. The highest BCUT2D eigenvalue weighted by Gasteiger charge is 2.43. The third-order valence-corrected chi connectivity index (χ3v) is 7.93. The van der Waals surface area contributed by atoms with Crippen LogP contribution in [0.5, 0.6) is 0 Å². The second-order valence-electron chi connectivity index (χ2n) is 10.3. The van der Waals surface area contributed by atoms with Crippen molar-refractivity contribution >= 4 is 23.6 Å². The van der Waals surface area contributed by atoms with Gasteiger partial charge in [-0.1, -0.05) is 19.1 Å². The molecule has 1 aromatic carbocycles. The van der Waals surface area contributed by atoms with E-state index in [9.17, 15) is 14.4 Å². The number of benzene rings is 1. The third kappa shape index (κ3) is 4.45. The molecule has 4 aliphatic rings. The quantitative estimate of drug-likeness (QED) is 0.652. The predicted octanol–water partition coefficient (Wildman–Crippen LogP) is 2.80. The fourth-order valence-electron chi connectivity index (χ4n) is 5.84. The van der Waals surface area contributed by atoms with Gasteiger partial charge in [0.15, 0.2) is 0 Å². The average Bonchev–Trinajstić information content (AvgIpc) is 3.45. The molecule has 4 aliphatic heterocycles. The van der Waals surface area contributed by atoms with Crippen molar-refractivity contribution in [2.45, 2.75) is 46.1 Å². The average molecular weight is 455 g/mol. The molecule has 8 nitrogen and oxygen atoms in total. The second-order valence-corrected chi connectivity index (χ2v) is 10.3. The summed E-state index contributed by atoms with van der Waals surface area (Å²) in [6, 6.07) is 6.69. The Bertz CT molecular complexity index is 912. The molecule has 2 atom stereocenters. The standard InChI is InChI=1S/C25H34N4O4/c1-17-8-10-27(11-9-17)22-5-3-4-19(18(22)2)12-26-13-20-15-28(16-21(20)14-26)25(32)33-29-23(30)6-7-24(29)31/h3-5,17,20-21H,6-16H2,1-2H3. The first-order chi connectivity index (χ1) is 15.9. The summed E-state index contributed by atoms with van der Waals surface area (Å²) in [5.41, 5.74) is 4.14. The lowest BCUT2D eigenvalue weighted by atomic mass is 9.97. The molecule has 1 aromatic rings. The van der Waals surface area contributed by atoms with E-state index in [1.807, 2.05) is 0 Å². The molecule has 33 heavy (non-hydrogen) atoms. The van der Waals surface area contributed by atoms with E-state index in [2.05, 4.69) is 41.8 Å². The molecule has 0 bridgehead atoms. The summed E-state index contributed by atoms with van der Waals surface area (Å²) in [4.78, 5) is 47.7. The zero-order valence-electron chi connectivity index (χ0n) is 19.7. The Hall–Kier alpha value is -2.61. The van der Waals surface area contributed by atoms with Gasteiger partial charge < -0.3 is 14.6 Å².